The molecule has 0 unspecified atom stereocenters. The largest absolute Gasteiger partial charge is 0.357 e. The number of hydrogen-bond donors (Lipinski definition) is 1. The first kappa shape index (κ1) is 14.4. The first-order valence-electron chi connectivity index (χ1n) is 8.36. The maximum absolute atomic E-state index is 12.4. The standard InChI is InChI=1S/C17H25N3O/c21-17(18-14-8-3-1-2-4-9-14)15-10-7-11-16(19-15)20-12-5-6-13-20/h7,10-11,14H,1-6,8-9,12-13H2,(H,18,21). The zero-order valence-electron chi connectivity index (χ0n) is 12.7. The molecule has 0 bridgehead atoms. The van der Waals surface area contributed by atoms with E-state index in [2.05, 4.69) is 15.2 Å². The molecule has 1 aliphatic heterocycles. The number of pyridine rings is 1. The smallest absolute Gasteiger partial charge is 0.270 e. The molecular weight excluding hydrogens is 262 g/mol. The van der Waals surface area contributed by atoms with Gasteiger partial charge in [0.1, 0.15) is 11.5 Å². The quantitative estimate of drug-likeness (QED) is 0.869. The predicted molar refractivity (Wildman–Crippen MR) is 84.6 cm³/mol. The lowest BCUT2D eigenvalue weighted by Gasteiger charge is -2.18. The van der Waals surface area contributed by atoms with Crippen LogP contribution < -0.4 is 10.2 Å². The third-order valence-corrected chi connectivity index (χ3v) is 4.59. The van der Waals surface area contributed by atoms with Gasteiger partial charge in [-0.15, -0.1) is 0 Å². The summed E-state index contributed by atoms with van der Waals surface area (Å²) in [6.07, 6.45) is 9.72. The Morgan fingerprint density at radius 1 is 1.05 bits per heavy atom. The molecule has 1 saturated carbocycles. The van der Waals surface area contributed by atoms with E-state index in [1.165, 1.54) is 38.5 Å². The van der Waals surface area contributed by atoms with Gasteiger partial charge >= 0.3 is 0 Å². The monoisotopic (exact) mass is 287 g/mol. The van der Waals surface area contributed by atoms with Crippen LogP contribution in [0.25, 0.3) is 0 Å². The van der Waals surface area contributed by atoms with Crippen molar-refractivity contribution >= 4 is 11.7 Å². The van der Waals surface area contributed by atoms with Gasteiger partial charge in [-0.05, 0) is 37.8 Å². The number of rotatable bonds is 3. The lowest BCUT2D eigenvalue weighted by Crippen LogP contribution is -2.35. The van der Waals surface area contributed by atoms with Crippen molar-refractivity contribution in [3.63, 3.8) is 0 Å². The first-order valence-corrected chi connectivity index (χ1v) is 8.36. The van der Waals surface area contributed by atoms with Crippen molar-refractivity contribution in [2.24, 2.45) is 0 Å². The van der Waals surface area contributed by atoms with Crippen molar-refractivity contribution in [3.05, 3.63) is 23.9 Å². The molecule has 2 heterocycles. The van der Waals surface area contributed by atoms with Crippen LogP contribution in [0.15, 0.2) is 18.2 Å². The summed E-state index contributed by atoms with van der Waals surface area (Å²) in [5.41, 5.74) is 0.559. The molecule has 1 aliphatic carbocycles. The second-order valence-electron chi connectivity index (χ2n) is 6.24. The Kier molecular flexibility index (Phi) is 4.73. The highest BCUT2D eigenvalue weighted by Gasteiger charge is 2.18. The van der Waals surface area contributed by atoms with E-state index in [1.54, 1.807) is 0 Å². The summed E-state index contributed by atoms with van der Waals surface area (Å²) in [6.45, 7) is 2.11. The summed E-state index contributed by atoms with van der Waals surface area (Å²) >= 11 is 0. The van der Waals surface area contributed by atoms with Gasteiger partial charge in [0.25, 0.3) is 5.91 Å². The number of carbonyl (C=O) groups is 1. The summed E-state index contributed by atoms with van der Waals surface area (Å²) in [5, 5.41) is 3.17. The van der Waals surface area contributed by atoms with Crippen LogP contribution in [0.1, 0.15) is 61.9 Å². The summed E-state index contributed by atoms with van der Waals surface area (Å²) in [6, 6.07) is 6.11. The number of aromatic nitrogens is 1. The molecule has 4 heteroatoms. The van der Waals surface area contributed by atoms with Crippen molar-refractivity contribution in [1.29, 1.82) is 0 Å². The number of nitrogens with zero attached hydrogens (tertiary/aromatic N) is 2. The Hall–Kier alpha value is -1.58. The topological polar surface area (TPSA) is 45.2 Å². The summed E-state index contributed by atoms with van der Waals surface area (Å²) in [5.74, 6) is 0.934. The van der Waals surface area contributed by atoms with E-state index in [0.717, 1.165) is 31.7 Å². The number of anilines is 1. The molecule has 1 aromatic heterocycles. The van der Waals surface area contributed by atoms with Crippen LogP contribution in [0.3, 0.4) is 0 Å². The van der Waals surface area contributed by atoms with Gasteiger partial charge in [-0.3, -0.25) is 4.79 Å². The van der Waals surface area contributed by atoms with Gasteiger partial charge < -0.3 is 10.2 Å². The number of nitrogens with one attached hydrogen (secondary N) is 1. The first-order chi connectivity index (χ1) is 10.3. The van der Waals surface area contributed by atoms with Crippen LogP contribution in [-0.4, -0.2) is 30.0 Å². The predicted octanol–water partition coefficient (Wildman–Crippen LogP) is 3.13. The molecule has 1 N–H and O–H groups in total. The Bertz CT molecular complexity index is 475. The van der Waals surface area contributed by atoms with Crippen LogP contribution >= 0.6 is 0 Å². The van der Waals surface area contributed by atoms with E-state index >= 15 is 0 Å². The molecule has 3 rings (SSSR count). The van der Waals surface area contributed by atoms with E-state index in [9.17, 15) is 4.79 Å². The van der Waals surface area contributed by atoms with Crippen LogP contribution in [-0.2, 0) is 0 Å². The zero-order valence-corrected chi connectivity index (χ0v) is 12.7. The van der Waals surface area contributed by atoms with E-state index < -0.39 is 0 Å². The maximum atomic E-state index is 12.4. The molecule has 2 fully saturated rings. The molecule has 114 valence electrons. The SMILES string of the molecule is O=C(NC1CCCCCC1)c1cccc(N2CCCC2)n1. The van der Waals surface area contributed by atoms with Gasteiger partial charge in [0.05, 0.1) is 0 Å². The van der Waals surface area contributed by atoms with Crippen molar-refractivity contribution in [1.82, 2.24) is 10.3 Å². The minimum absolute atomic E-state index is 0.0112. The van der Waals surface area contributed by atoms with Gasteiger partial charge in [0, 0.05) is 19.1 Å². The molecule has 0 radical (unpaired) electrons. The average molecular weight is 287 g/mol. The normalized spacial score (nSPS) is 20.3. The molecule has 2 aliphatic rings. The van der Waals surface area contributed by atoms with Crippen molar-refractivity contribution in [2.45, 2.75) is 57.4 Å². The molecule has 4 nitrogen and oxygen atoms in total. The number of amides is 1. The minimum Gasteiger partial charge on any atom is -0.357 e. The van der Waals surface area contributed by atoms with Gasteiger partial charge in [-0.2, -0.15) is 0 Å². The fourth-order valence-corrected chi connectivity index (χ4v) is 3.36. The second kappa shape index (κ2) is 6.92. The Balaban J connectivity index is 1.64. The van der Waals surface area contributed by atoms with Crippen LogP contribution in [0.2, 0.25) is 0 Å². The Labute approximate surface area is 126 Å². The molecular formula is C17H25N3O. The molecule has 1 saturated heterocycles. The van der Waals surface area contributed by atoms with E-state index in [1.807, 2.05) is 18.2 Å². The van der Waals surface area contributed by atoms with Crippen LogP contribution in [0, 0.1) is 0 Å². The molecule has 1 amide bonds. The average Bonchev–Trinajstić information content (AvgIpc) is 2.93. The molecule has 21 heavy (non-hydrogen) atoms. The highest BCUT2D eigenvalue weighted by atomic mass is 16.1. The molecule has 1 aromatic rings. The molecule has 0 atom stereocenters. The Morgan fingerprint density at radius 3 is 2.48 bits per heavy atom. The third kappa shape index (κ3) is 3.74. The van der Waals surface area contributed by atoms with Gasteiger partial charge in [-0.25, -0.2) is 4.98 Å². The number of carbonyl (C=O) groups excluding carboxylic acids is 1. The highest BCUT2D eigenvalue weighted by Crippen LogP contribution is 2.19. The zero-order chi connectivity index (χ0) is 14.5. The van der Waals surface area contributed by atoms with Crippen molar-refractivity contribution in [2.75, 3.05) is 18.0 Å². The van der Waals surface area contributed by atoms with Gasteiger partial charge in [0.2, 0.25) is 0 Å². The van der Waals surface area contributed by atoms with E-state index in [4.69, 9.17) is 0 Å². The van der Waals surface area contributed by atoms with Crippen molar-refractivity contribution < 1.29 is 4.79 Å². The lowest BCUT2D eigenvalue weighted by atomic mass is 10.1. The minimum atomic E-state index is -0.0112. The van der Waals surface area contributed by atoms with E-state index in [-0.39, 0.29) is 5.91 Å². The fourth-order valence-electron chi connectivity index (χ4n) is 3.36. The maximum Gasteiger partial charge on any atom is 0.270 e. The van der Waals surface area contributed by atoms with Crippen LogP contribution in [0.4, 0.5) is 5.82 Å². The van der Waals surface area contributed by atoms with Gasteiger partial charge in [-0.1, -0.05) is 31.7 Å². The summed E-state index contributed by atoms with van der Waals surface area (Å²) < 4.78 is 0. The fraction of sp³-hybridized carbons (Fsp3) is 0.647. The lowest BCUT2D eigenvalue weighted by molar-refractivity contribution is 0.0928. The second-order valence-corrected chi connectivity index (χ2v) is 6.24. The van der Waals surface area contributed by atoms with Crippen molar-refractivity contribution in [3.8, 4) is 0 Å². The van der Waals surface area contributed by atoms with E-state index in [0.29, 0.717) is 11.7 Å². The third-order valence-electron chi connectivity index (χ3n) is 4.59. The van der Waals surface area contributed by atoms with Gasteiger partial charge in [0.15, 0.2) is 0 Å². The molecule has 0 spiro atoms. The Morgan fingerprint density at radius 2 is 1.76 bits per heavy atom. The summed E-state index contributed by atoms with van der Waals surface area (Å²) in [7, 11) is 0. The number of hydrogen-bond acceptors (Lipinski definition) is 3. The highest BCUT2D eigenvalue weighted by molar-refractivity contribution is 5.92. The van der Waals surface area contributed by atoms with Crippen LogP contribution in [0.5, 0.6) is 0 Å². The molecule has 0 aromatic carbocycles. The summed E-state index contributed by atoms with van der Waals surface area (Å²) in [4.78, 5) is 19.2.